The Kier molecular flexibility index (Phi) is 5.44. The van der Waals surface area contributed by atoms with Gasteiger partial charge in [-0.25, -0.2) is 4.39 Å². The van der Waals surface area contributed by atoms with Crippen molar-refractivity contribution in [1.29, 1.82) is 0 Å². The van der Waals surface area contributed by atoms with Crippen LogP contribution in [0.25, 0.3) is 21.8 Å². The van der Waals surface area contributed by atoms with Gasteiger partial charge in [0.2, 0.25) is 0 Å². The Morgan fingerprint density at radius 3 is 2.74 bits per heavy atom. The van der Waals surface area contributed by atoms with E-state index in [4.69, 9.17) is 9.72 Å². The number of para-hydroxylation sites is 1. The highest BCUT2D eigenvalue weighted by atomic mass is 35.5. The Balaban J connectivity index is 0.00000231. The van der Waals surface area contributed by atoms with Crippen LogP contribution >= 0.6 is 12.4 Å². The molecule has 2 aromatic carbocycles. The van der Waals surface area contributed by atoms with Crippen molar-refractivity contribution in [2.45, 2.75) is 39.2 Å². The predicted octanol–water partition coefficient (Wildman–Crippen LogP) is 5.88. The summed E-state index contributed by atoms with van der Waals surface area (Å²) in [7, 11) is 1.46. The molecule has 1 aliphatic rings. The van der Waals surface area contributed by atoms with Crippen LogP contribution in [0.3, 0.4) is 0 Å². The zero-order valence-corrected chi connectivity index (χ0v) is 18.6. The number of methoxy groups -OCH3 is 1. The van der Waals surface area contributed by atoms with E-state index in [1.807, 2.05) is 24.3 Å². The molecule has 1 aliphatic carbocycles. The first-order valence-corrected chi connectivity index (χ1v) is 10.3. The van der Waals surface area contributed by atoms with E-state index in [-0.39, 0.29) is 29.4 Å². The second-order valence-electron chi connectivity index (χ2n) is 9.05. The van der Waals surface area contributed by atoms with Gasteiger partial charge in [0.15, 0.2) is 11.6 Å². The van der Waals surface area contributed by atoms with Gasteiger partial charge in [0.25, 0.3) is 0 Å². The summed E-state index contributed by atoms with van der Waals surface area (Å²) in [6.45, 7) is 4.33. The van der Waals surface area contributed by atoms with Gasteiger partial charge in [-0.2, -0.15) is 0 Å². The number of nitrogens with one attached hydrogen (secondary N) is 1. The van der Waals surface area contributed by atoms with Crippen molar-refractivity contribution in [3.63, 3.8) is 0 Å². The summed E-state index contributed by atoms with van der Waals surface area (Å²) in [5.41, 5.74) is 5.49. The lowest BCUT2D eigenvalue weighted by molar-refractivity contribution is 0.0997. The van der Waals surface area contributed by atoms with Gasteiger partial charge < -0.3 is 14.8 Å². The molecular formula is C25H26ClFN2O2. The molecule has 0 amide bonds. The van der Waals surface area contributed by atoms with Crippen LogP contribution in [0.15, 0.2) is 42.5 Å². The number of rotatable bonds is 3. The largest absolute Gasteiger partial charge is 0.494 e. The summed E-state index contributed by atoms with van der Waals surface area (Å²) in [6, 6.07) is 13.2. The number of nitrogens with zero attached hydrogens (tertiary/aromatic N) is 1. The topological polar surface area (TPSA) is 58.1 Å². The number of aromatic nitrogens is 2. The molecule has 1 atom stereocenters. The highest BCUT2D eigenvalue weighted by Gasteiger charge is 2.35. The fourth-order valence-corrected chi connectivity index (χ4v) is 4.85. The maximum atomic E-state index is 14.3. The van der Waals surface area contributed by atoms with Crippen molar-refractivity contribution in [3.05, 3.63) is 70.8 Å². The first kappa shape index (κ1) is 21.6. The number of H-pyrrole nitrogens is 1. The standard InChI is InChI=1S/C25H25FN2O2.ClH/c1-25(2)12-19-23(20(29)13-25)22-15-6-4-5-7-17(15)28-24(22)18(27-19)11-14-8-9-21(30-3)16(26)10-14;/h4-10,20,28-29H,11-13H2,1-3H3;1H/t20-;/m0./s1. The molecule has 5 rings (SSSR count). The molecule has 2 heterocycles. The molecule has 0 bridgehead atoms. The third-order valence-electron chi connectivity index (χ3n) is 6.16. The van der Waals surface area contributed by atoms with Gasteiger partial charge in [-0.3, -0.25) is 4.98 Å². The molecule has 31 heavy (non-hydrogen) atoms. The minimum Gasteiger partial charge on any atom is -0.494 e. The average Bonchev–Trinajstić information content (AvgIpc) is 3.07. The molecule has 4 aromatic rings. The van der Waals surface area contributed by atoms with E-state index in [9.17, 15) is 9.50 Å². The number of aromatic amines is 1. The van der Waals surface area contributed by atoms with E-state index in [1.165, 1.54) is 13.2 Å². The fourth-order valence-electron chi connectivity index (χ4n) is 4.85. The lowest BCUT2D eigenvalue weighted by Crippen LogP contribution is -2.27. The second kappa shape index (κ2) is 7.81. The molecule has 6 heteroatoms. The lowest BCUT2D eigenvalue weighted by Gasteiger charge is -2.34. The molecule has 0 fully saturated rings. The van der Waals surface area contributed by atoms with E-state index in [2.05, 4.69) is 24.9 Å². The van der Waals surface area contributed by atoms with E-state index in [0.717, 1.165) is 50.7 Å². The average molecular weight is 441 g/mol. The quantitative estimate of drug-likeness (QED) is 0.418. The highest BCUT2D eigenvalue weighted by molar-refractivity contribution is 6.10. The molecule has 4 nitrogen and oxygen atoms in total. The Hall–Kier alpha value is -2.63. The summed E-state index contributed by atoms with van der Waals surface area (Å²) in [6.07, 6.45) is 1.46. The first-order chi connectivity index (χ1) is 14.4. The Morgan fingerprint density at radius 1 is 1.23 bits per heavy atom. The minimum absolute atomic E-state index is 0. The number of benzene rings is 2. The molecule has 2 aromatic heterocycles. The molecule has 0 radical (unpaired) electrons. The lowest BCUT2D eigenvalue weighted by atomic mass is 9.74. The Bertz CT molecular complexity index is 1280. The minimum atomic E-state index is -0.551. The van der Waals surface area contributed by atoms with Crippen LogP contribution in [0.4, 0.5) is 4.39 Å². The van der Waals surface area contributed by atoms with Crippen molar-refractivity contribution in [2.24, 2.45) is 5.41 Å². The monoisotopic (exact) mass is 440 g/mol. The zero-order valence-electron chi connectivity index (χ0n) is 17.8. The molecule has 0 aliphatic heterocycles. The van der Waals surface area contributed by atoms with Crippen molar-refractivity contribution in [3.8, 4) is 5.75 Å². The van der Waals surface area contributed by atoms with Crippen LogP contribution in [-0.4, -0.2) is 22.2 Å². The van der Waals surface area contributed by atoms with E-state index < -0.39 is 6.10 Å². The SMILES string of the molecule is COc1ccc(Cc2nc3c(c4c2[nH]c2ccccc24)[C@@H](O)CC(C)(C)C3)cc1F.Cl. The van der Waals surface area contributed by atoms with Gasteiger partial charge in [0, 0.05) is 34.0 Å². The van der Waals surface area contributed by atoms with Crippen molar-refractivity contribution in [1.82, 2.24) is 9.97 Å². The van der Waals surface area contributed by atoms with Gasteiger partial charge in [-0.05, 0) is 42.0 Å². The van der Waals surface area contributed by atoms with Gasteiger partial charge >= 0.3 is 0 Å². The zero-order chi connectivity index (χ0) is 21.0. The Labute approximate surface area is 186 Å². The van der Waals surface area contributed by atoms with E-state index in [0.29, 0.717) is 12.8 Å². The van der Waals surface area contributed by atoms with Crippen molar-refractivity contribution >= 4 is 34.2 Å². The number of hydrogen-bond acceptors (Lipinski definition) is 3. The van der Waals surface area contributed by atoms with E-state index in [1.54, 1.807) is 6.07 Å². The summed E-state index contributed by atoms with van der Waals surface area (Å²) >= 11 is 0. The summed E-state index contributed by atoms with van der Waals surface area (Å²) < 4.78 is 19.3. The second-order valence-corrected chi connectivity index (χ2v) is 9.05. The van der Waals surface area contributed by atoms with Crippen LogP contribution in [-0.2, 0) is 12.8 Å². The summed E-state index contributed by atoms with van der Waals surface area (Å²) in [4.78, 5) is 8.51. The van der Waals surface area contributed by atoms with Crippen LogP contribution in [0, 0.1) is 11.2 Å². The molecule has 0 spiro atoms. The molecule has 162 valence electrons. The van der Waals surface area contributed by atoms with E-state index >= 15 is 0 Å². The number of aliphatic hydroxyl groups excluding tert-OH is 1. The third kappa shape index (κ3) is 3.66. The maximum absolute atomic E-state index is 14.3. The van der Waals surface area contributed by atoms with Crippen molar-refractivity contribution < 1.29 is 14.2 Å². The number of ether oxygens (including phenoxy) is 1. The van der Waals surface area contributed by atoms with Crippen LogP contribution in [0.2, 0.25) is 0 Å². The molecule has 0 unspecified atom stereocenters. The number of hydrogen-bond donors (Lipinski definition) is 2. The van der Waals surface area contributed by atoms with Crippen LogP contribution < -0.4 is 4.74 Å². The van der Waals surface area contributed by atoms with Crippen molar-refractivity contribution in [2.75, 3.05) is 7.11 Å². The smallest absolute Gasteiger partial charge is 0.165 e. The number of fused-ring (bicyclic) bond motifs is 5. The normalized spacial score (nSPS) is 17.4. The third-order valence-corrected chi connectivity index (χ3v) is 6.16. The predicted molar refractivity (Wildman–Crippen MR) is 124 cm³/mol. The van der Waals surface area contributed by atoms with Crippen LogP contribution in [0.1, 0.15) is 48.9 Å². The van der Waals surface area contributed by atoms with Gasteiger partial charge in [0.1, 0.15) is 0 Å². The van der Waals surface area contributed by atoms with Gasteiger partial charge in [-0.1, -0.05) is 38.1 Å². The fraction of sp³-hybridized carbons (Fsp3) is 0.320. The summed E-state index contributed by atoms with van der Waals surface area (Å²) in [5.74, 6) is -0.143. The molecule has 2 N–H and O–H groups in total. The number of halogens is 2. The number of pyridine rings is 1. The van der Waals surface area contributed by atoms with Gasteiger partial charge in [-0.15, -0.1) is 12.4 Å². The molecule has 0 saturated carbocycles. The highest BCUT2D eigenvalue weighted by Crippen LogP contribution is 2.45. The van der Waals surface area contributed by atoms with Gasteiger partial charge in [0.05, 0.1) is 24.4 Å². The summed E-state index contributed by atoms with van der Waals surface area (Å²) in [5, 5.41) is 13.2. The Morgan fingerprint density at radius 2 is 2.00 bits per heavy atom. The molecular weight excluding hydrogens is 415 g/mol. The number of aliphatic hydroxyl groups is 1. The van der Waals surface area contributed by atoms with Crippen LogP contribution in [0.5, 0.6) is 5.75 Å². The molecule has 0 saturated heterocycles. The first-order valence-electron chi connectivity index (χ1n) is 10.3. The maximum Gasteiger partial charge on any atom is 0.165 e.